The maximum atomic E-state index is 11.2. The van der Waals surface area contributed by atoms with Gasteiger partial charge in [-0.2, -0.15) is 0 Å². The molecule has 1 aromatic rings. The molecule has 0 unspecified atom stereocenters. The normalized spacial score (nSPS) is 12.5. The van der Waals surface area contributed by atoms with Gasteiger partial charge in [0.1, 0.15) is 5.69 Å². The van der Waals surface area contributed by atoms with Gasteiger partial charge >= 0.3 is 0 Å². The van der Waals surface area contributed by atoms with E-state index in [2.05, 4.69) is 13.8 Å². The number of benzene rings is 1. The van der Waals surface area contributed by atoms with E-state index in [1.807, 2.05) is 11.9 Å². The Kier molecular flexibility index (Phi) is 5.30. The SMILES string of the molecule is CCC(CC)N(C)c1ccc([C@@H](C)O)cc1[N+](=O)[O-]. The van der Waals surface area contributed by atoms with Gasteiger partial charge in [0.15, 0.2) is 0 Å². The summed E-state index contributed by atoms with van der Waals surface area (Å²) in [6.45, 7) is 5.74. The van der Waals surface area contributed by atoms with Crippen LogP contribution in [0.15, 0.2) is 18.2 Å². The molecule has 0 aliphatic heterocycles. The summed E-state index contributed by atoms with van der Waals surface area (Å²) in [5.74, 6) is 0. The molecule has 0 saturated heterocycles. The monoisotopic (exact) mass is 266 g/mol. The number of nitro groups is 1. The zero-order chi connectivity index (χ0) is 14.6. The molecule has 1 N–H and O–H groups in total. The molecule has 1 aromatic carbocycles. The second-order valence-electron chi connectivity index (χ2n) is 4.76. The third kappa shape index (κ3) is 3.44. The van der Waals surface area contributed by atoms with Gasteiger partial charge < -0.3 is 10.0 Å². The zero-order valence-corrected chi connectivity index (χ0v) is 12.0. The minimum Gasteiger partial charge on any atom is -0.389 e. The third-order valence-corrected chi connectivity index (χ3v) is 3.55. The maximum Gasteiger partial charge on any atom is 0.292 e. The van der Waals surface area contributed by atoms with Crippen LogP contribution < -0.4 is 4.90 Å². The molecular formula is C14H22N2O3. The van der Waals surface area contributed by atoms with E-state index < -0.39 is 6.10 Å². The molecule has 0 spiro atoms. The van der Waals surface area contributed by atoms with Gasteiger partial charge in [-0.15, -0.1) is 0 Å². The Morgan fingerprint density at radius 2 is 1.95 bits per heavy atom. The summed E-state index contributed by atoms with van der Waals surface area (Å²) in [7, 11) is 1.88. The predicted octanol–water partition coefficient (Wildman–Crippen LogP) is 3.27. The van der Waals surface area contributed by atoms with Crippen molar-refractivity contribution in [2.75, 3.05) is 11.9 Å². The average molecular weight is 266 g/mol. The lowest BCUT2D eigenvalue weighted by molar-refractivity contribution is -0.384. The zero-order valence-electron chi connectivity index (χ0n) is 12.0. The van der Waals surface area contributed by atoms with Gasteiger partial charge in [-0.05, 0) is 31.4 Å². The highest BCUT2D eigenvalue weighted by Gasteiger charge is 2.22. The van der Waals surface area contributed by atoms with Crippen LogP contribution >= 0.6 is 0 Å². The number of nitro benzene ring substituents is 1. The molecule has 0 saturated carbocycles. The molecule has 5 heteroatoms. The van der Waals surface area contributed by atoms with Gasteiger partial charge in [0, 0.05) is 19.2 Å². The summed E-state index contributed by atoms with van der Waals surface area (Å²) in [4.78, 5) is 12.8. The second kappa shape index (κ2) is 6.52. The lowest BCUT2D eigenvalue weighted by atomic mass is 10.1. The first kappa shape index (κ1) is 15.4. The van der Waals surface area contributed by atoms with Gasteiger partial charge in [0.25, 0.3) is 5.69 Å². The molecular weight excluding hydrogens is 244 g/mol. The van der Waals surface area contributed by atoms with Gasteiger partial charge in [0.05, 0.1) is 11.0 Å². The van der Waals surface area contributed by atoms with Crippen LogP contribution in [0.3, 0.4) is 0 Å². The number of rotatable bonds is 6. The van der Waals surface area contributed by atoms with Crippen molar-refractivity contribution in [2.24, 2.45) is 0 Å². The van der Waals surface area contributed by atoms with E-state index in [9.17, 15) is 15.2 Å². The fourth-order valence-corrected chi connectivity index (χ4v) is 2.28. The van der Waals surface area contributed by atoms with Crippen LogP contribution in [0.4, 0.5) is 11.4 Å². The van der Waals surface area contributed by atoms with Crippen LogP contribution in [0.5, 0.6) is 0 Å². The van der Waals surface area contributed by atoms with Crippen molar-refractivity contribution in [1.82, 2.24) is 0 Å². The van der Waals surface area contributed by atoms with E-state index in [0.29, 0.717) is 11.3 Å². The van der Waals surface area contributed by atoms with E-state index in [4.69, 9.17) is 0 Å². The summed E-state index contributed by atoms with van der Waals surface area (Å²) in [5, 5.41) is 20.7. The van der Waals surface area contributed by atoms with Crippen LogP contribution in [-0.2, 0) is 0 Å². The molecule has 0 heterocycles. The second-order valence-corrected chi connectivity index (χ2v) is 4.76. The lowest BCUT2D eigenvalue weighted by Crippen LogP contribution is -2.30. The predicted molar refractivity (Wildman–Crippen MR) is 76.5 cm³/mol. The summed E-state index contributed by atoms with van der Waals surface area (Å²) in [6.07, 6.45) is 1.16. The Morgan fingerprint density at radius 3 is 2.37 bits per heavy atom. The van der Waals surface area contributed by atoms with Crippen molar-refractivity contribution in [1.29, 1.82) is 0 Å². The number of aliphatic hydroxyl groups excluding tert-OH is 1. The van der Waals surface area contributed by atoms with Crippen molar-refractivity contribution in [3.63, 3.8) is 0 Å². The molecule has 0 bridgehead atoms. The molecule has 0 fully saturated rings. The van der Waals surface area contributed by atoms with Crippen LogP contribution in [-0.4, -0.2) is 23.1 Å². The first-order valence-corrected chi connectivity index (χ1v) is 6.61. The Bertz CT molecular complexity index is 442. The average Bonchev–Trinajstić information content (AvgIpc) is 2.39. The van der Waals surface area contributed by atoms with Crippen LogP contribution in [0.25, 0.3) is 0 Å². The molecule has 106 valence electrons. The quantitative estimate of drug-likeness (QED) is 0.634. The van der Waals surface area contributed by atoms with Crippen molar-refractivity contribution in [3.8, 4) is 0 Å². The summed E-state index contributed by atoms with van der Waals surface area (Å²) < 4.78 is 0. The number of aliphatic hydroxyl groups is 1. The van der Waals surface area contributed by atoms with Crippen LogP contribution in [0.2, 0.25) is 0 Å². The van der Waals surface area contributed by atoms with Crippen molar-refractivity contribution in [3.05, 3.63) is 33.9 Å². The smallest absolute Gasteiger partial charge is 0.292 e. The van der Waals surface area contributed by atoms with E-state index in [-0.39, 0.29) is 16.7 Å². The van der Waals surface area contributed by atoms with E-state index in [0.717, 1.165) is 12.8 Å². The minimum absolute atomic E-state index is 0.0489. The first-order chi connectivity index (χ1) is 8.92. The van der Waals surface area contributed by atoms with Crippen LogP contribution in [0.1, 0.15) is 45.3 Å². The van der Waals surface area contributed by atoms with Gasteiger partial charge in [0.2, 0.25) is 0 Å². The highest BCUT2D eigenvalue weighted by Crippen LogP contribution is 2.32. The Balaban J connectivity index is 3.23. The van der Waals surface area contributed by atoms with Crippen molar-refractivity contribution >= 4 is 11.4 Å². The molecule has 0 aliphatic carbocycles. The highest BCUT2D eigenvalue weighted by atomic mass is 16.6. The minimum atomic E-state index is -0.703. The fourth-order valence-electron chi connectivity index (χ4n) is 2.28. The van der Waals surface area contributed by atoms with Gasteiger partial charge in [-0.3, -0.25) is 10.1 Å². The van der Waals surface area contributed by atoms with E-state index in [1.165, 1.54) is 6.07 Å². The number of anilines is 1. The maximum absolute atomic E-state index is 11.2. The Morgan fingerprint density at radius 1 is 1.37 bits per heavy atom. The molecule has 0 radical (unpaired) electrons. The van der Waals surface area contributed by atoms with Crippen molar-refractivity contribution < 1.29 is 10.0 Å². The largest absolute Gasteiger partial charge is 0.389 e. The summed E-state index contributed by atoms with van der Waals surface area (Å²) in [5.41, 5.74) is 1.21. The molecule has 19 heavy (non-hydrogen) atoms. The van der Waals surface area contributed by atoms with E-state index >= 15 is 0 Å². The lowest BCUT2D eigenvalue weighted by Gasteiger charge is -2.28. The Labute approximate surface area is 114 Å². The Hall–Kier alpha value is -1.62. The third-order valence-electron chi connectivity index (χ3n) is 3.55. The molecule has 5 nitrogen and oxygen atoms in total. The highest BCUT2D eigenvalue weighted by molar-refractivity contribution is 5.64. The van der Waals surface area contributed by atoms with Crippen LogP contribution in [0, 0.1) is 10.1 Å². The topological polar surface area (TPSA) is 66.6 Å². The number of nitrogens with zero attached hydrogens (tertiary/aromatic N) is 2. The molecule has 0 aliphatic rings. The number of hydrogen-bond donors (Lipinski definition) is 1. The van der Waals surface area contributed by atoms with Crippen molar-refractivity contribution in [2.45, 2.75) is 45.8 Å². The standard InChI is InChI=1S/C14H22N2O3/c1-5-12(6-2)15(4)13-8-7-11(10(3)17)9-14(13)16(18)19/h7-10,12,17H,5-6H2,1-4H3/t10-/m1/s1. The first-order valence-electron chi connectivity index (χ1n) is 6.61. The van der Waals surface area contributed by atoms with Gasteiger partial charge in [-0.1, -0.05) is 19.9 Å². The number of hydrogen-bond acceptors (Lipinski definition) is 4. The van der Waals surface area contributed by atoms with E-state index in [1.54, 1.807) is 19.1 Å². The van der Waals surface area contributed by atoms with Gasteiger partial charge in [-0.25, -0.2) is 0 Å². The molecule has 1 atom stereocenters. The molecule has 0 amide bonds. The summed E-state index contributed by atoms with van der Waals surface area (Å²) in [6, 6.07) is 5.19. The summed E-state index contributed by atoms with van der Waals surface area (Å²) >= 11 is 0. The fraction of sp³-hybridized carbons (Fsp3) is 0.571. The molecule has 0 aromatic heterocycles. The molecule has 1 rings (SSSR count).